The van der Waals surface area contributed by atoms with Crippen molar-refractivity contribution in [3.8, 4) is 0 Å². The number of benzene rings is 1. The van der Waals surface area contributed by atoms with Crippen molar-refractivity contribution in [1.29, 1.82) is 0 Å². The Bertz CT molecular complexity index is 575. The van der Waals surface area contributed by atoms with Crippen molar-refractivity contribution in [3.05, 3.63) is 51.3 Å². The summed E-state index contributed by atoms with van der Waals surface area (Å²) in [7, 11) is 1.98. The van der Waals surface area contributed by atoms with E-state index >= 15 is 0 Å². The number of aromatic nitrogens is 2. The molecule has 1 aromatic carbocycles. The van der Waals surface area contributed by atoms with Gasteiger partial charge in [-0.3, -0.25) is 4.68 Å². The average Bonchev–Trinajstić information content (AvgIpc) is 2.73. The molecule has 0 aliphatic rings. The third kappa shape index (κ3) is 3.25. The van der Waals surface area contributed by atoms with E-state index in [9.17, 15) is 0 Å². The number of nitrogens with zero attached hydrogens (tertiary/aromatic N) is 2. The Morgan fingerprint density at radius 3 is 2.68 bits per heavy atom. The van der Waals surface area contributed by atoms with Gasteiger partial charge in [-0.15, -0.1) is 0 Å². The molecular weight excluding hydrogens is 302 g/mol. The third-order valence-electron chi connectivity index (χ3n) is 3.43. The van der Waals surface area contributed by atoms with E-state index in [0.29, 0.717) is 0 Å². The summed E-state index contributed by atoms with van der Waals surface area (Å²) in [6.07, 6.45) is 1.77. The highest BCUT2D eigenvalue weighted by Crippen LogP contribution is 2.22. The average molecular weight is 322 g/mol. The third-order valence-corrected chi connectivity index (χ3v) is 4.32. The van der Waals surface area contributed by atoms with Crippen LogP contribution in [0.4, 0.5) is 0 Å². The van der Waals surface area contributed by atoms with Gasteiger partial charge in [0.05, 0.1) is 5.69 Å². The number of rotatable bonds is 4. The largest absolute Gasteiger partial charge is 0.324 e. The zero-order valence-corrected chi connectivity index (χ0v) is 13.2. The first-order valence-corrected chi connectivity index (χ1v) is 7.34. The molecule has 3 nitrogen and oxygen atoms in total. The van der Waals surface area contributed by atoms with E-state index in [0.717, 1.165) is 23.0 Å². The minimum atomic E-state index is 0.00639. The molecule has 1 aromatic heterocycles. The Hall–Kier alpha value is -1.13. The molecule has 0 aliphatic carbocycles. The van der Waals surface area contributed by atoms with Gasteiger partial charge in [-0.1, -0.05) is 35.0 Å². The smallest absolute Gasteiger partial charge is 0.0624 e. The summed E-state index contributed by atoms with van der Waals surface area (Å²) in [6.45, 7) is 4.20. The standard InChI is InChI=1S/C15H20BrN3/c1-4-12-8-13(19(3)18-12)9-15(17)11-5-6-14(16)10(2)7-11/h5-8,15H,4,9,17H2,1-3H3. The molecule has 2 N–H and O–H groups in total. The first-order valence-electron chi connectivity index (χ1n) is 6.54. The van der Waals surface area contributed by atoms with Crippen LogP contribution in [-0.4, -0.2) is 9.78 Å². The summed E-state index contributed by atoms with van der Waals surface area (Å²) in [5.74, 6) is 0. The lowest BCUT2D eigenvalue weighted by Crippen LogP contribution is -2.15. The maximum Gasteiger partial charge on any atom is 0.0624 e. The summed E-state index contributed by atoms with van der Waals surface area (Å²) in [5, 5.41) is 4.46. The Labute approximate surface area is 122 Å². The summed E-state index contributed by atoms with van der Waals surface area (Å²) < 4.78 is 3.06. The molecule has 1 unspecified atom stereocenters. The molecule has 2 aromatic rings. The Morgan fingerprint density at radius 1 is 1.37 bits per heavy atom. The lowest BCUT2D eigenvalue weighted by atomic mass is 10.0. The van der Waals surface area contributed by atoms with Gasteiger partial charge >= 0.3 is 0 Å². The molecule has 19 heavy (non-hydrogen) atoms. The van der Waals surface area contributed by atoms with E-state index in [4.69, 9.17) is 5.73 Å². The second kappa shape index (κ2) is 5.88. The van der Waals surface area contributed by atoms with Crippen LogP contribution in [0.3, 0.4) is 0 Å². The molecule has 102 valence electrons. The van der Waals surface area contributed by atoms with Crippen LogP contribution in [-0.2, 0) is 19.9 Å². The minimum Gasteiger partial charge on any atom is -0.324 e. The molecule has 0 spiro atoms. The number of nitrogens with two attached hydrogens (primary N) is 1. The second-order valence-electron chi connectivity index (χ2n) is 4.92. The van der Waals surface area contributed by atoms with Gasteiger partial charge in [-0.05, 0) is 36.6 Å². The van der Waals surface area contributed by atoms with Crippen LogP contribution in [0.15, 0.2) is 28.7 Å². The van der Waals surface area contributed by atoms with Crippen molar-refractivity contribution in [2.75, 3.05) is 0 Å². The highest BCUT2D eigenvalue weighted by Gasteiger charge is 2.12. The Balaban J connectivity index is 2.17. The first-order chi connectivity index (χ1) is 9.01. The molecule has 4 heteroatoms. The van der Waals surface area contributed by atoms with Gasteiger partial charge in [0.2, 0.25) is 0 Å². The zero-order valence-electron chi connectivity index (χ0n) is 11.7. The SMILES string of the molecule is CCc1cc(CC(N)c2ccc(Br)c(C)c2)n(C)n1. The van der Waals surface area contributed by atoms with E-state index in [2.05, 4.69) is 59.1 Å². The summed E-state index contributed by atoms with van der Waals surface area (Å²) >= 11 is 3.51. The van der Waals surface area contributed by atoms with Crippen LogP contribution in [0.5, 0.6) is 0 Å². The normalized spacial score (nSPS) is 12.7. The number of hydrogen-bond donors (Lipinski definition) is 1. The van der Waals surface area contributed by atoms with Crippen LogP contribution in [0.25, 0.3) is 0 Å². The van der Waals surface area contributed by atoms with Gasteiger partial charge in [-0.2, -0.15) is 5.10 Å². The molecule has 0 radical (unpaired) electrons. The Kier molecular flexibility index (Phi) is 4.42. The van der Waals surface area contributed by atoms with Crippen LogP contribution in [0.2, 0.25) is 0 Å². The number of aryl methyl sites for hydroxylation is 3. The van der Waals surface area contributed by atoms with E-state index in [-0.39, 0.29) is 6.04 Å². The molecule has 0 saturated carbocycles. The monoisotopic (exact) mass is 321 g/mol. The molecular formula is C15H20BrN3. The molecule has 0 aliphatic heterocycles. The second-order valence-corrected chi connectivity index (χ2v) is 5.78. The van der Waals surface area contributed by atoms with Crippen LogP contribution in [0, 0.1) is 6.92 Å². The van der Waals surface area contributed by atoms with Gasteiger partial charge in [0, 0.05) is 29.7 Å². The molecule has 1 heterocycles. The van der Waals surface area contributed by atoms with Crippen LogP contribution in [0.1, 0.15) is 35.5 Å². The lowest BCUT2D eigenvalue weighted by Gasteiger charge is -2.13. The summed E-state index contributed by atoms with van der Waals surface area (Å²) in [6, 6.07) is 8.44. The van der Waals surface area contributed by atoms with Gasteiger partial charge in [0.25, 0.3) is 0 Å². The predicted molar refractivity (Wildman–Crippen MR) is 82.1 cm³/mol. The first kappa shape index (κ1) is 14.3. The molecule has 0 bridgehead atoms. The summed E-state index contributed by atoms with van der Waals surface area (Å²) in [4.78, 5) is 0. The quantitative estimate of drug-likeness (QED) is 0.939. The van der Waals surface area contributed by atoms with Crippen molar-refractivity contribution < 1.29 is 0 Å². The highest BCUT2D eigenvalue weighted by atomic mass is 79.9. The Morgan fingerprint density at radius 2 is 2.11 bits per heavy atom. The van der Waals surface area contributed by atoms with E-state index in [1.54, 1.807) is 0 Å². The van der Waals surface area contributed by atoms with Crippen molar-refractivity contribution >= 4 is 15.9 Å². The van der Waals surface area contributed by atoms with Crippen molar-refractivity contribution in [1.82, 2.24) is 9.78 Å². The molecule has 0 saturated heterocycles. The van der Waals surface area contributed by atoms with Crippen molar-refractivity contribution in [2.45, 2.75) is 32.7 Å². The minimum absolute atomic E-state index is 0.00639. The molecule has 1 atom stereocenters. The van der Waals surface area contributed by atoms with Gasteiger partial charge in [-0.25, -0.2) is 0 Å². The van der Waals surface area contributed by atoms with Crippen molar-refractivity contribution in [2.24, 2.45) is 12.8 Å². The van der Waals surface area contributed by atoms with Gasteiger partial charge in [0.15, 0.2) is 0 Å². The van der Waals surface area contributed by atoms with E-state index < -0.39 is 0 Å². The van der Waals surface area contributed by atoms with Crippen LogP contribution >= 0.6 is 15.9 Å². The number of halogens is 1. The predicted octanol–water partition coefficient (Wildman–Crippen LogP) is 3.30. The molecule has 2 rings (SSSR count). The highest BCUT2D eigenvalue weighted by molar-refractivity contribution is 9.10. The van der Waals surface area contributed by atoms with Crippen molar-refractivity contribution in [3.63, 3.8) is 0 Å². The number of hydrogen-bond acceptors (Lipinski definition) is 2. The summed E-state index contributed by atoms with van der Waals surface area (Å²) in [5.41, 5.74) is 11.0. The molecule has 0 amide bonds. The van der Waals surface area contributed by atoms with Gasteiger partial charge in [0.1, 0.15) is 0 Å². The maximum absolute atomic E-state index is 6.31. The van der Waals surface area contributed by atoms with Gasteiger partial charge < -0.3 is 5.73 Å². The van der Waals surface area contributed by atoms with Crippen LogP contribution < -0.4 is 5.73 Å². The zero-order chi connectivity index (χ0) is 14.0. The topological polar surface area (TPSA) is 43.8 Å². The maximum atomic E-state index is 6.31. The fraction of sp³-hybridized carbons (Fsp3) is 0.400. The lowest BCUT2D eigenvalue weighted by molar-refractivity contribution is 0.638. The molecule has 0 fully saturated rings. The fourth-order valence-corrected chi connectivity index (χ4v) is 2.42. The van der Waals surface area contributed by atoms with E-state index in [1.165, 1.54) is 16.8 Å². The van der Waals surface area contributed by atoms with E-state index in [1.807, 2.05) is 11.7 Å². The fourth-order valence-electron chi connectivity index (χ4n) is 2.18.